The molecule has 232 valence electrons. The summed E-state index contributed by atoms with van der Waals surface area (Å²) in [6, 6.07) is 12.5. The van der Waals surface area contributed by atoms with Gasteiger partial charge in [-0.3, -0.25) is 18.6 Å². The van der Waals surface area contributed by atoms with E-state index >= 15 is 4.39 Å². The number of hydrogen-bond acceptors (Lipinski definition) is 6. The summed E-state index contributed by atoms with van der Waals surface area (Å²) in [4.78, 5) is 28.6. The highest BCUT2D eigenvalue weighted by atomic mass is 19.4. The molecule has 0 amide bonds. The van der Waals surface area contributed by atoms with Gasteiger partial charge >= 0.3 is 11.9 Å². The number of alkyl halides is 3. The number of nitrogens with one attached hydrogen (secondary N) is 1. The zero-order valence-corrected chi connectivity index (χ0v) is 24.0. The van der Waals surface area contributed by atoms with Crippen LogP contribution in [0.25, 0.3) is 0 Å². The zero-order chi connectivity index (χ0) is 31.2. The number of nitrogens with zero attached hydrogens (tertiary/aromatic N) is 4. The molecule has 1 spiro atoms. The second kappa shape index (κ2) is 11.5. The van der Waals surface area contributed by atoms with Gasteiger partial charge in [0.25, 0.3) is 5.56 Å². The molecule has 0 radical (unpaired) electrons. The van der Waals surface area contributed by atoms with Gasteiger partial charge < -0.3 is 15.8 Å². The summed E-state index contributed by atoms with van der Waals surface area (Å²) in [7, 11) is 1.73. The number of aryl methyl sites for hydroxylation is 1. The number of benzene rings is 2. The van der Waals surface area contributed by atoms with E-state index in [0.717, 1.165) is 33.0 Å². The van der Waals surface area contributed by atoms with Crippen LogP contribution < -0.4 is 22.3 Å². The van der Waals surface area contributed by atoms with Crippen molar-refractivity contribution in [2.75, 3.05) is 13.1 Å². The molecular formula is C31H32F4N6O3. The van der Waals surface area contributed by atoms with Crippen LogP contribution >= 0.6 is 0 Å². The first kappa shape index (κ1) is 30.0. The quantitative estimate of drug-likeness (QED) is 0.309. The fraction of sp³-hybridized carbons (Fsp3) is 0.387. The van der Waals surface area contributed by atoms with Crippen molar-refractivity contribution in [2.24, 2.45) is 12.8 Å². The van der Waals surface area contributed by atoms with Crippen LogP contribution in [-0.2, 0) is 43.1 Å². The van der Waals surface area contributed by atoms with Gasteiger partial charge in [0.15, 0.2) is 0 Å². The molecule has 2 aromatic carbocycles. The molecule has 6 rings (SSSR count). The van der Waals surface area contributed by atoms with Crippen LogP contribution in [0.15, 0.2) is 70.4 Å². The SMILES string of the molecule is Cn1nccc1C[C@H]1OC2(CCNCC2)c2c1n(Cc1c(F)cccc1C(F)(F)F)c(=O)n(CC(N)c1ccccc1)c2=O. The molecule has 0 aliphatic carbocycles. The number of piperidine rings is 1. The molecule has 3 N–H and O–H groups in total. The monoisotopic (exact) mass is 612 g/mol. The van der Waals surface area contributed by atoms with Gasteiger partial charge in [-0.2, -0.15) is 18.3 Å². The Bertz CT molecular complexity index is 1790. The Kier molecular flexibility index (Phi) is 7.80. The molecule has 2 aromatic heterocycles. The predicted octanol–water partition coefficient (Wildman–Crippen LogP) is 3.54. The maximum atomic E-state index is 15.2. The third-order valence-electron chi connectivity index (χ3n) is 8.67. The number of aromatic nitrogens is 4. The molecule has 4 heterocycles. The van der Waals surface area contributed by atoms with Gasteiger partial charge in [0, 0.05) is 37.0 Å². The normalized spacial score (nSPS) is 18.5. The molecular weight excluding hydrogens is 580 g/mol. The van der Waals surface area contributed by atoms with E-state index in [1.54, 1.807) is 54.3 Å². The molecule has 44 heavy (non-hydrogen) atoms. The van der Waals surface area contributed by atoms with Crippen LogP contribution in [0.3, 0.4) is 0 Å². The van der Waals surface area contributed by atoms with Crippen molar-refractivity contribution in [1.29, 1.82) is 0 Å². The number of ether oxygens (including phenoxy) is 1. The van der Waals surface area contributed by atoms with Crippen molar-refractivity contribution in [1.82, 2.24) is 24.2 Å². The fourth-order valence-electron chi connectivity index (χ4n) is 6.45. The summed E-state index contributed by atoms with van der Waals surface area (Å²) in [6.07, 6.45) is -3.18. The lowest BCUT2D eigenvalue weighted by molar-refractivity contribution is -0.138. The van der Waals surface area contributed by atoms with Gasteiger partial charge in [0.2, 0.25) is 0 Å². The molecule has 0 saturated carbocycles. The topological polar surface area (TPSA) is 109 Å². The van der Waals surface area contributed by atoms with Crippen LogP contribution in [0.5, 0.6) is 0 Å². The van der Waals surface area contributed by atoms with Gasteiger partial charge in [-0.05, 0) is 49.7 Å². The standard InChI is InChI=1S/C31H32F4N6O3/c1-39-20(10-13-38-39)16-25-27-26(30(44-25)11-14-37-15-12-30)28(42)41(18-24(36)19-6-3-2-4-7-19)29(43)40(27)17-21-22(31(33,34)35)8-5-9-23(21)32/h2-10,13,24-25,37H,11-12,14-18,36H2,1H3/t24?,25-/m1/s1. The number of hydrogen-bond donors (Lipinski definition) is 2. The summed E-state index contributed by atoms with van der Waals surface area (Å²) in [6.45, 7) is 0.0409. The van der Waals surface area contributed by atoms with E-state index in [-0.39, 0.29) is 24.2 Å². The molecule has 1 fully saturated rings. The minimum absolute atomic E-state index is 0.156. The first-order chi connectivity index (χ1) is 21.0. The predicted molar refractivity (Wildman–Crippen MR) is 153 cm³/mol. The molecule has 0 bridgehead atoms. The summed E-state index contributed by atoms with van der Waals surface area (Å²) >= 11 is 0. The van der Waals surface area contributed by atoms with Gasteiger partial charge in [0.1, 0.15) is 17.5 Å². The van der Waals surface area contributed by atoms with E-state index in [1.165, 1.54) is 0 Å². The Balaban J connectivity index is 1.60. The van der Waals surface area contributed by atoms with E-state index in [4.69, 9.17) is 10.5 Å². The maximum Gasteiger partial charge on any atom is 0.416 e. The number of nitrogens with two attached hydrogens (primary N) is 1. The highest BCUT2D eigenvalue weighted by Crippen LogP contribution is 2.48. The van der Waals surface area contributed by atoms with Gasteiger partial charge in [-0.25, -0.2) is 9.18 Å². The lowest BCUT2D eigenvalue weighted by Crippen LogP contribution is -2.49. The van der Waals surface area contributed by atoms with Crippen LogP contribution in [0.1, 0.15) is 58.6 Å². The zero-order valence-electron chi connectivity index (χ0n) is 24.0. The van der Waals surface area contributed by atoms with Crippen LogP contribution in [-0.4, -0.2) is 32.0 Å². The second-order valence-electron chi connectivity index (χ2n) is 11.3. The number of rotatable bonds is 7. The third-order valence-corrected chi connectivity index (χ3v) is 8.67. The Morgan fingerprint density at radius 1 is 1.07 bits per heavy atom. The van der Waals surface area contributed by atoms with E-state index in [1.807, 2.05) is 0 Å². The van der Waals surface area contributed by atoms with Crippen molar-refractivity contribution in [3.8, 4) is 0 Å². The largest absolute Gasteiger partial charge is 0.416 e. The molecule has 2 atom stereocenters. The number of halogens is 4. The minimum atomic E-state index is -4.88. The Morgan fingerprint density at radius 2 is 1.80 bits per heavy atom. The Morgan fingerprint density at radius 3 is 2.45 bits per heavy atom. The molecule has 13 heteroatoms. The van der Waals surface area contributed by atoms with Crippen LogP contribution in [0.2, 0.25) is 0 Å². The van der Waals surface area contributed by atoms with Crippen LogP contribution in [0, 0.1) is 5.82 Å². The average molecular weight is 613 g/mol. The average Bonchev–Trinajstić information content (AvgIpc) is 3.54. The highest BCUT2D eigenvalue weighted by Gasteiger charge is 2.50. The van der Waals surface area contributed by atoms with Crippen LogP contribution in [0.4, 0.5) is 17.6 Å². The fourth-order valence-corrected chi connectivity index (χ4v) is 6.45. The van der Waals surface area contributed by atoms with Crippen molar-refractivity contribution in [2.45, 2.75) is 56.3 Å². The molecule has 9 nitrogen and oxygen atoms in total. The van der Waals surface area contributed by atoms with Crippen molar-refractivity contribution in [3.63, 3.8) is 0 Å². The first-order valence-electron chi connectivity index (χ1n) is 14.4. The number of fused-ring (bicyclic) bond motifs is 2. The van der Waals surface area contributed by atoms with Gasteiger partial charge in [-0.15, -0.1) is 0 Å². The summed E-state index contributed by atoms with van der Waals surface area (Å²) < 4.78 is 67.9. The second-order valence-corrected chi connectivity index (χ2v) is 11.3. The summed E-state index contributed by atoms with van der Waals surface area (Å²) in [5.74, 6) is -1.11. The molecule has 2 aliphatic rings. The maximum absolute atomic E-state index is 15.2. The smallest absolute Gasteiger partial charge is 0.360 e. The Hall–Kier alpha value is -4.07. The van der Waals surface area contributed by atoms with E-state index < -0.39 is 58.7 Å². The highest BCUT2D eigenvalue weighted by molar-refractivity contribution is 5.37. The lowest BCUT2D eigenvalue weighted by atomic mass is 9.85. The van der Waals surface area contributed by atoms with Crippen molar-refractivity contribution >= 4 is 0 Å². The van der Waals surface area contributed by atoms with Crippen molar-refractivity contribution in [3.05, 3.63) is 121 Å². The lowest BCUT2D eigenvalue weighted by Gasteiger charge is -2.34. The molecule has 2 aliphatic heterocycles. The summed E-state index contributed by atoms with van der Waals surface area (Å²) in [5.41, 5.74) is 3.72. The van der Waals surface area contributed by atoms with E-state index in [0.29, 0.717) is 31.5 Å². The summed E-state index contributed by atoms with van der Waals surface area (Å²) in [5, 5.41) is 7.45. The molecule has 4 aromatic rings. The van der Waals surface area contributed by atoms with Gasteiger partial charge in [-0.1, -0.05) is 36.4 Å². The third kappa shape index (κ3) is 5.29. The first-order valence-corrected chi connectivity index (χ1v) is 14.4. The molecule has 1 unspecified atom stereocenters. The van der Waals surface area contributed by atoms with Gasteiger partial charge in [0.05, 0.1) is 29.9 Å². The Labute approximate surface area is 249 Å². The van der Waals surface area contributed by atoms with E-state index in [2.05, 4.69) is 10.4 Å². The van der Waals surface area contributed by atoms with Crippen molar-refractivity contribution < 1.29 is 22.3 Å². The molecule has 1 saturated heterocycles. The minimum Gasteiger partial charge on any atom is -0.360 e. The van der Waals surface area contributed by atoms with E-state index in [9.17, 15) is 22.8 Å².